The van der Waals surface area contributed by atoms with Crippen LogP contribution in [-0.2, 0) is 11.3 Å². The molecule has 3 rings (SSSR count). The first-order valence-electron chi connectivity index (χ1n) is 11.4. The number of aliphatic imine (C=N–C) groups is 1. The Kier molecular flexibility index (Phi) is 8.93. The molecule has 0 saturated carbocycles. The van der Waals surface area contributed by atoms with E-state index in [4.69, 9.17) is 4.99 Å². The number of halogens is 1. The van der Waals surface area contributed by atoms with Crippen molar-refractivity contribution in [1.82, 2.24) is 20.4 Å². The van der Waals surface area contributed by atoms with Gasteiger partial charge in [-0.05, 0) is 57.7 Å². The Balaban J connectivity index is 1.36. The molecule has 0 aliphatic carbocycles. The lowest BCUT2D eigenvalue weighted by molar-refractivity contribution is -0.127. The van der Waals surface area contributed by atoms with Crippen molar-refractivity contribution in [3.63, 3.8) is 0 Å². The second-order valence-corrected chi connectivity index (χ2v) is 8.30. The highest BCUT2D eigenvalue weighted by Crippen LogP contribution is 2.20. The van der Waals surface area contributed by atoms with Crippen LogP contribution >= 0.6 is 0 Å². The Bertz CT molecular complexity index is 703. The molecule has 1 amide bonds. The van der Waals surface area contributed by atoms with Gasteiger partial charge in [0.15, 0.2) is 5.96 Å². The third kappa shape index (κ3) is 6.97. The summed E-state index contributed by atoms with van der Waals surface area (Å²) in [6.45, 7) is 8.92. The van der Waals surface area contributed by atoms with Crippen molar-refractivity contribution in [2.75, 3.05) is 45.8 Å². The molecule has 0 unspecified atom stereocenters. The van der Waals surface area contributed by atoms with Crippen molar-refractivity contribution < 1.29 is 9.18 Å². The van der Waals surface area contributed by atoms with Crippen LogP contribution in [0.4, 0.5) is 4.39 Å². The van der Waals surface area contributed by atoms with Crippen LogP contribution in [0.1, 0.15) is 44.6 Å². The molecule has 0 atom stereocenters. The van der Waals surface area contributed by atoms with Gasteiger partial charge in [0.2, 0.25) is 5.91 Å². The zero-order chi connectivity index (χ0) is 21.2. The minimum absolute atomic E-state index is 0.111. The van der Waals surface area contributed by atoms with Crippen molar-refractivity contribution in [2.45, 2.75) is 45.6 Å². The van der Waals surface area contributed by atoms with Crippen molar-refractivity contribution >= 4 is 11.9 Å². The number of likely N-dealkylation sites (tertiary alicyclic amines) is 2. The van der Waals surface area contributed by atoms with Gasteiger partial charge in [0.1, 0.15) is 5.82 Å². The Hall–Kier alpha value is -2.15. The van der Waals surface area contributed by atoms with Gasteiger partial charge in [0, 0.05) is 51.3 Å². The maximum atomic E-state index is 13.9. The molecule has 2 fully saturated rings. The van der Waals surface area contributed by atoms with E-state index in [9.17, 15) is 9.18 Å². The number of rotatable bonds is 9. The number of nitrogens with one attached hydrogen (secondary N) is 2. The zero-order valence-corrected chi connectivity index (χ0v) is 18.2. The van der Waals surface area contributed by atoms with Crippen LogP contribution in [0.25, 0.3) is 0 Å². The average molecular weight is 418 g/mol. The summed E-state index contributed by atoms with van der Waals surface area (Å²) >= 11 is 0. The van der Waals surface area contributed by atoms with Gasteiger partial charge in [0.25, 0.3) is 0 Å². The topological polar surface area (TPSA) is 60.0 Å². The number of amides is 1. The van der Waals surface area contributed by atoms with Crippen molar-refractivity contribution in [1.29, 1.82) is 0 Å². The van der Waals surface area contributed by atoms with E-state index in [1.54, 1.807) is 6.07 Å². The number of carbonyl (C=O) groups excluding carboxylic acids is 1. The predicted molar refractivity (Wildman–Crippen MR) is 119 cm³/mol. The first-order valence-corrected chi connectivity index (χ1v) is 11.4. The molecule has 0 radical (unpaired) electrons. The van der Waals surface area contributed by atoms with Crippen LogP contribution in [0, 0.1) is 11.7 Å². The molecular weight excluding hydrogens is 381 g/mol. The molecule has 30 heavy (non-hydrogen) atoms. The van der Waals surface area contributed by atoms with E-state index < -0.39 is 0 Å². The van der Waals surface area contributed by atoms with Crippen LogP contribution in [-0.4, -0.2) is 67.5 Å². The lowest BCUT2D eigenvalue weighted by atomic mass is 9.96. The molecule has 0 aromatic heterocycles. The fraction of sp³-hybridized carbons (Fsp3) is 0.652. The second kappa shape index (κ2) is 11.9. The van der Waals surface area contributed by atoms with E-state index in [1.807, 2.05) is 17.0 Å². The summed E-state index contributed by atoms with van der Waals surface area (Å²) in [6.07, 6.45) is 4.82. The number of hydrogen-bond donors (Lipinski definition) is 2. The standard InChI is InChI=1S/C23H36FN5O/c1-2-25-23(26-12-6-14-29-13-5-9-22(29)30)27-17-19-10-15-28(16-11-19)18-20-7-3-4-8-21(20)24/h3-4,7-8,19H,2,5-6,9-18H2,1H3,(H2,25,26,27). The van der Waals surface area contributed by atoms with E-state index in [1.165, 1.54) is 6.07 Å². The minimum Gasteiger partial charge on any atom is -0.357 e. The maximum absolute atomic E-state index is 13.9. The van der Waals surface area contributed by atoms with Gasteiger partial charge in [-0.3, -0.25) is 14.7 Å². The molecule has 1 aromatic rings. The highest BCUT2D eigenvalue weighted by atomic mass is 19.1. The molecule has 166 valence electrons. The van der Waals surface area contributed by atoms with Crippen LogP contribution in [0.2, 0.25) is 0 Å². The minimum atomic E-state index is -0.111. The van der Waals surface area contributed by atoms with E-state index in [-0.39, 0.29) is 11.7 Å². The summed E-state index contributed by atoms with van der Waals surface area (Å²) in [4.78, 5) is 20.7. The van der Waals surface area contributed by atoms with Crippen molar-refractivity contribution in [2.24, 2.45) is 10.9 Å². The normalized spacial score (nSPS) is 18.8. The quantitative estimate of drug-likeness (QED) is 0.368. The summed E-state index contributed by atoms with van der Waals surface area (Å²) < 4.78 is 13.9. The molecule has 2 N–H and O–H groups in total. The third-order valence-electron chi connectivity index (χ3n) is 5.98. The Morgan fingerprint density at radius 3 is 2.70 bits per heavy atom. The molecule has 0 bridgehead atoms. The lowest BCUT2D eigenvalue weighted by Crippen LogP contribution is -2.40. The molecule has 2 heterocycles. The summed E-state index contributed by atoms with van der Waals surface area (Å²) in [5, 5.41) is 6.71. The van der Waals surface area contributed by atoms with Crippen LogP contribution in [0.3, 0.4) is 0 Å². The van der Waals surface area contributed by atoms with Crippen molar-refractivity contribution in [3.8, 4) is 0 Å². The summed E-state index contributed by atoms with van der Waals surface area (Å²) in [5.74, 6) is 1.61. The van der Waals surface area contributed by atoms with Crippen molar-refractivity contribution in [3.05, 3.63) is 35.6 Å². The van der Waals surface area contributed by atoms with Crippen LogP contribution in [0.15, 0.2) is 29.3 Å². The first kappa shape index (κ1) is 22.5. The van der Waals surface area contributed by atoms with Gasteiger partial charge in [-0.1, -0.05) is 18.2 Å². The number of benzene rings is 1. The van der Waals surface area contributed by atoms with Gasteiger partial charge >= 0.3 is 0 Å². The fourth-order valence-corrected chi connectivity index (χ4v) is 4.17. The summed E-state index contributed by atoms with van der Waals surface area (Å²) in [7, 11) is 0. The van der Waals surface area contributed by atoms with E-state index in [2.05, 4.69) is 22.5 Å². The first-order chi connectivity index (χ1) is 14.7. The number of guanidine groups is 1. The molecule has 2 saturated heterocycles. The lowest BCUT2D eigenvalue weighted by Gasteiger charge is -2.31. The largest absolute Gasteiger partial charge is 0.357 e. The van der Waals surface area contributed by atoms with Crippen LogP contribution in [0.5, 0.6) is 0 Å². The predicted octanol–water partition coefficient (Wildman–Crippen LogP) is 2.61. The monoisotopic (exact) mass is 417 g/mol. The Morgan fingerprint density at radius 1 is 1.20 bits per heavy atom. The Morgan fingerprint density at radius 2 is 2.00 bits per heavy atom. The maximum Gasteiger partial charge on any atom is 0.222 e. The SMILES string of the molecule is CCNC(=NCC1CCN(Cc2ccccc2F)CC1)NCCCN1CCCC1=O. The van der Waals surface area contributed by atoms with Gasteiger partial charge in [-0.2, -0.15) is 0 Å². The molecular formula is C23H36FN5O. The molecule has 1 aromatic carbocycles. The second-order valence-electron chi connectivity index (χ2n) is 8.30. The molecule has 0 spiro atoms. The van der Waals surface area contributed by atoms with Gasteiger partial charge in [0.05, 0.1) is 0 Å². The number of piperidine rings is 1. The highest BCUT2D eigenvalue weighted by Gasteiger charge is 2.20. The van der Waals surface area contributed by atoms with E-state index in [0.29, 0.717) is 18.9 Å². The fourth-order valence-electron chi connectivity index (χ4n) is 4.17. The number of hydrogen-bond acceptors (Lipinski definition) is 3. The number of carbonyl (C=O) groups is 1. The molecule has 2 aliphatic rings. The smallest absolute Gasteiger partial charge is 0.222 e. The molecule has 6 nitrogen and oxygen atoms in total. The highest BCUT2D eigenvalue weighted by molar-refractivity contribution is 5.79. The molecule has 2 aliphatic heterocycles. The third-order valence-corrected chi connectivity index (χ3v) is 5.98. The van der Waals surface area contributed by atoms with E-state index in [0.717, 1.165) is 83.0 Å². The van der Waals surface area contributed by atoms with Gasteiger partial charge in [-0.25, -0.2) is 4.39 Å². The summed E-state index contributed by atoms with van der Waals surface area (Å²) in [6, 6.07) is 7.05. The summed E-state index contributed by atoms with van der Waals surface area (Å²) in [5.41, 5.74) is 0.781. The molecule has 7 heteroatoms. The van der Waals surface area contributed by atoms with Gasteiger partial charge in [-0.15, -0.1) is 0 Å². The van der Waals surface area contributed by atoms with Crippen LogP contribution < -0.4 is 10.6 Å². The number of nitrogens with zero attached hydrogens (tertiary/aromatic N) is 3. The average Bonchev–Trinajstić information content (AvgIpc) is 3.16. The van der Waals surface area contributed by atoms with E-state index >= 15 is 0 Å². The van der Waals surface area contributed by atoms with Gasteiger partial charge < -0.3 is 15.5 Å². The zero-order valence-electron chi connectivity index (χ0n) is 18.2. The Labute approximate surface area is 179 Å².